The first-order chi connectivity index (χ1) is 10.2. The van der Waals surface area contributed by atoms with E-state index < -0.39 is 0 Å². The molecule has 2 amide bonds. The molecule has 0 fully saturated rings. The van der Waals surface area contributed by atoms with Crippen molar-refractivity contribution in [3.8, 4) is 0 Å². The van der Waals surface area contributed by atoms with Gasteiger partial charge in [-0.25, -0.2) is 0 Å². The Morgan fingerprint density at radius 2 is 1.73 bits per heavy atom. The van der Waals surface area contributed by atoms with E-state index in [2.05, 4.69) is 24.5 Å². The van der Waals surface area contributed by atoms with Crippen LogP contribution in [0.3, 0.4) is 0 Å². The maximum Gasteiger partial charge on any atom is 0.239 e. The molecule has 0 spiro atoms. The predicted octanol–water partition coefficient (Wildman–Crippen LogP) is 2.85. The molecule has 1 rings (SSSR count). The fraction of sp³-hybridized carbons (Fsp3) is 0.556. The molecule has 2 unspecified atom stereocenters. The minimum Gasteiger partial charge on any atom is -0.350 e. The van der Waals surface area contributed by atoms with Gasteiger partial charge in [0.2, 0.25) is 11.8 Å². The molecule has 0 bridgehead atoms. The van der Waals surface area contributed by atoms with Crippen LogP contribution in [0.2, 0.25) is 0 Å². The Morgan fingerprint density at radius 1 is 1.14 bits per heavy atom. The van der Waals surface area contributed by atoms with Crippen LogP contribution in [0.4, 0.5) is 0 Å². The summed E-state index contributed by atoms with van der Waals surface area (Å²) in [6.45, 7) is 9.89. The van der Waals surface area contributed by atoms with E-state index in [-0.39, 0.29) is 35.7 Å². The third kappa shape index (κ3) is 5.88. The fourth-order valence-electron chi connectivity index (χ4n) is 2.37. The second kappa shape index (κ2) is 7.97. The van der Waals surface area contributed by atoms with Gasteiger partial charge in [0.15, 0.2) is 0 Å². The quantitative estimate of drug-likeness (QED) is 0.849. The number of amides is 2. The lowest BCUT2D eigenvalue weighted by Crippen LogP contribution is -2.46. The zero-order valence-electron chi connectivity index (χ0n) is 14.3. The summed E-state index contributed by atoms with van der Waals surface area (Å²) in [6, 6.07) is 9.73. The molecule has 1 aromatic rings. The highest BCUT2D eigenvalue weighted by atomic mass is 16.2. The lowest BCUT2D eigenvalue weighted by molar-refractivity contribution is -0.128. The molecule has 2 N–H and O–H groups in total. The minimum atomic E-state index is -0.294. The van der Waals surface area contributed by atoms with E-state index in [1.165, 1.54) is 0 Å². The molecule has 122 valence electrons. The molecule has 0 aliphatic heterocycles. The molecule has 22 heavy (non-hydrogen) atoms. The summed E-state index contributed by atoms with van der Waals surface area (Å²) >= 11 is 0. The third-order valence-electron chi connectivity index (χ3n) is 3.59. The van der Waals surface area contributed by atoms with Gasteiger partial charge in [-0.3, -0.25) is 9.59 Å². The molecular formula is C18H28N2O2. The average Bonchev–Trinajstić information content (AvgIpc) is 2.44. The summed E-state index contributed by atoms with van der Waals surface area (Å²) in [6.07, 6.45) is 0.904. The molecule has 0 aromatic heterocycles. The number of carbonyl (C=O) groups excluding carboxylic acids is 2. The molecule has 0 heterocycles. The van der Waals surface area contributed by atoms with E-state index in [4.69, 9.17) is 0 Å². The summed E-state index contributed by atoms with van der Waals surface area (Å²) in [4.78, 5) is 24.4. The van der Waals surface area contributed by atoms with Gasteiger partial charge in [-0.05, 0) is 32.3 Å². The summed E-state index contributed by atoms with van der Waals surface area (Å²) in [5.74, 6) is -0.275. The molecule has 1 aromatic carbocycles. The summed E-state index contributed by atoms with van der Waals surface area (Å²) in [7, 11) is 0. The SMILES string of the molecule is CCC(C)C(C(=O)NCC(=O)NC(C)(C)C)c1ccccc1. The van der Waals surface area contributed by atoms with E-state index in [1.807, 2.05) is 51.1 Å². The summed E-state index contributed by atoms with van der Waals surface area (Å²) in [5, 5.41) is 5.61. The largest absolute Gasteiger partial charge is 0.350 e. The van der Waals surface area contributed by atoms with E-state index >= 15 is 0 Å². The van der Waals surface area contributed by atoms with Crippen LogP contribution in [0.1, 0.15) is 52.5 Å². The predicted molar refractivity (Wildman–Crippen MR) is 89.5 cm³/mol. The third-order valence-corrected chi connectivity index (χ3v) is 3.59. The smallest absolute Gasteiger partial charge is 0.239 e. The van der Waals surface area contributed by atoms with Crippen molar-refractivity contribution >= 4 is 11.8 Å². The van der Waals surface area contributed by atoms with Crippen LogP contribution >= 0.6 is 0 Å². The van der Waals surface area contributed by atoms with Gasteiger partial charge in [0.1, 0.15) is 0 Å². The van der Waals surface area contributed by atoms with Crippen LogP contribution in [-0.2, 0) is 9.59 Å². The van der Waals surface area contributed by atoms with Gasteiger partial charge >= 0.3 is 0 Å². The first kappa shape index (κ1) is 18.2. The van der Waals surface area contributed by atoms with Crippen molar-refractivity contribution in [1.82, 2.24) is 10.6 Å². The van der Waals surface area contributed by atoms with Crippen LogP contribution < -0.4 is 10.6 Å². The highest BCUT2D eigenvalue weighted by Crippen LogP contribution is 2.26. The number of hydrogen-bond acceptors (Lipinski definition) is 2. The summed E-state index contributed by atoms with van der Waals surface area (Å²) < 4.78 is 0. The zero-order valence-corrected chi connectivity index (χ0v) is 14.3. The van der Waals surface area contributed by atoms with Gasteiger partial charge in [0.05, 0.1) is 12.5 Å². The minimum absolute atomic E-state index is 0.00979. The first-order valence-electron chi connectivity index (χ1n) is 7.88. The topological polar surface area (TPSA) is 58.2 Å². The van der Waals surface area contributed by atoms with E-state index in [0.717, 1.165) is 12.0 Å². The van der Waals surface area contributed by atoms with Crippen molar-refractivity contribution in [1.29, 1.82) is 0 Å². The highest BCUT2D eigenvalue weighted by Gasteiger charge is 2.26. The lowest BCUT2D eigenvalue weighted by Gasteiger charge is -2.24. The first-order valence-corrected chi connectivity index (χ1v) is 7.88. The van der Waals surface area contributed by atoms with Crippen LogP contribution in [0, 0.1) is 5.92 Å². The van der Waals surface area contributed by atoms with Gasteiger partial charge in [-0.2, -0.15) is 0 Å². The Balaban J connectivity index is 2.72. The highest BCUT2D eigenvalue weighted by molar-refractivity contribution is 5.88. The average molecular weight is 304 g/mol. The Hall–Kier alpha value is -1.84. The van der Waals surface area contributed by atoms with Crippen LogP contribution in [-0.4, -0.2) is 23.9 Å². The van der Waals surface area contributed by atoms with Gasteiger partial charge in [0.25, 0.3) is 0 Å². The molecule has 4 nitrogen and oxygen atoms in total. The second-order valence-electron chi connectivity index (χ2n) is 6.79. The van der Waals surface area contributed by atoms with Gasteiger partial charge in [0, 0.05) is 5.54 Å². The molecule has 0 saturated carbocycles. The molecule has 0 aliphatic rings. The van der Waals surface area contributed by atoms with Crippen molar-refractivity contribution < 1.29 is 9.59 Å². The van der Waals surface area contributed by atoms with E-state index in [1.54, 1.807) is 0 Å². The standard InChI is InChI=1S/C18H28N2O2/c1-6-13(2)16(14-10-8-7-9-11-14)17(22)19-12-15(21)20-18(3,4)5/h7-11,13,16H,6,12H2,1-5H3,(H,19,22)(H,20,21). The zero-order chi connectivity index (χ0) is 16.8. The maximum atomic E-state index is 12.5. The Bertz CT molecular complexity index is 492. The lowest BCUT2D eigenvalue weighted by atomic mass is 9.85. The second-order valence-corrected chi connectivity index (χ2v) is 6.79. The van der Waals surface area contributed by atoms with Crippen LogP contribution in [0.5, 0.6) is 0 Å². The molecule has 0 saturated heterocycles. The molecule has 0 radical (unpaired) electrons. The van der Waals surface area contributed by atoms with E-state index in [9.17, 15) is 9.59 Å². The maximum absolute atomic E-state index is 12.5. The van der Waals surface area contributed by atoms with Gasteiger partial charge < -0.3 is 10.6 Å². The van der Waals surface area contributed by atoms with Crippen molar-refractivity contribution in [3.63, 3.8) is 0 Å². The van der Waals surface area contributed by atoms with Crippen LogP contribution in [0.25, 0.3) is 0 Å². The monoisotopic (exact) mass is 304 g/mol. The van der Waals surface area contributed by atoms with Gasteiger partial charge in [-0.1, -0.05) is 50.6 Å². The molecule has 0 aliphatic carbocycles. The molecule has 2 atom stereocenters. The normalized spacial score (nSPS) is 14.0. The van der Waals surface area contributed by atoms with Gasteiger partial charge in [-0.15, -0.1) is 0 Å². The van der Waals surface area contributed by atoms with E-state index in [0.29, 0.717) is 0 Å². The Labute approximate surface area is 133 Å². The molecular weight excluding hydrogens is 276 g/mol. The number of carbonyl (C=O) groups is 2. The molecule has 4 heteroatoms. The number of hydrogen-bond donors (Lipinski definition) is 2. The fourth-order valence-corrected chi connectivity index (χ4v) is 2.37. The summed E-state index contributed by atoms with van der Waals surface area (Å²) in [5.41, 5.74) is 0.697. The number of benzene rings is 1. The number of rotatable bonds is 6. The Kier molecular flexibility index (Phi) is 6.60. The van der Waals surface area contributed by atoms with Crippen molar-refractivity contribution in [2.24, 2.45) is 5.92 Å². The number of nitrogens with one attached hydrogen (secondary N) is 2. The van der Waals surface area contributed by atoms with Crippen molar-refractivity contribution in [2.45, 2.75) is 52.5 Å². The van der Waals surface area contributed by atoms with Crippen molar-refractivity contribution in [3.05, 3.63) is 35.9 Å². The van der Waals surface area contributed by atoms with Crippen molar-refractivity contribution in [2.75, 3.05) is 6.54 Å². The Morgan fingerprint density at radius 3 is 2.23 bits per heavy atom. The van der Waals surface area contributed by atoms with Crippen LogP contribution in [0.15, 0.2) is 30.3 Å².